The molecule has 0 aliphatic heterocycles. The number of carbonyl (C=O) groups excluding carboxylic acids is 1. The Balaban J connectivity index is 1.96. The maximum Gasteiger partial charge on any atom is 0.224 e. The Hall–Kier alpha value is -1.35. The van der Waals surface area contributed by atoms with Crippen molar-refractivity contribution in [1.82, 2.24) is 5.32 Å². The summed E-state index contributed by atoms with van der Waals surface area (Å²) in [5, 5.41) is 3.20. The number of amides is 1. The molecule has 1 aliphatic carbocycles. The molecular formula is C16H24N2O. The minimum absolute atomic E-state index is 0.0887. The maximum atomic E-state index is 12.2. The molecule has 1 aromatic rings. The molecule has 0 aromatic heterocycles. The van der Waals surface area contributed by atoms with E-state index >= 15 is 0 Å². The number of nitrogens with one attached hydrogen (secondary N) is 1. The second-order valence-electron chi connectivity index (χ2n) is 5.90. The Labute approximate surface area is 115 Å². The number of rotatable bonds is 4. The maximum absolute atomic E-state index is 12.2. The molecule has 0 spiro atoms. The molecular weight excluding hydrogens is 236 g/mol. The van der Waals surface area contributed by atoms with Gasteiger partial charge in [-0.2, -0.15) is 0 Å². The summed E-state index contributed by atoms with van der Waals surface area (Å²) >= 11 is 0. The van der Waals surface area contributed by atoms with Crippen LogP contribution >= 0.6 is 0 Å². The predicted octanol–water partition coefficient (Wildman–Crippen LogP) is 2.25. The topological polar surface area (TPSA) is 55.1 Å². The molecule has 0 saturated heterocycles. The van der Waals surface area contributed by atoms with Crippen LogP contribution in [0.2, 0.25) is 0 Å². The first-order valence-corrected chi connectivity index (χ1v) is 7.18. The molecule has 2 unspecified atom stereocenters. The van der Waals surface area contributed by atoms with Crippen molar-refractivity contribution < 1.29 is 4.79 Å². The van der Waals surface area contributed by atoms with Crippen LogP contribution in [0.5, 0.6) is 0 Å². The number of hydrogen-bond donors (Lipinski definition) is 2. The third kappa shape index (κ3) is 3.80. The zero-order valence-electron chi connectivity index (χ0n) is 11.7. The Morgan fingerprint density at radius 1 is 1.42 bits per heavy atom. The number of benzene rings is 1. The lowest BCUT2D eigenvalue weighted by Crippen LogP contribution is -2.56. The van der Waals surface area contributed by atoms with Crippen LogP contribution < -0.4 is 11.1 Å². The zero-order valence-corrected chi connectivity index (χ0v) is 11.7. The standard InChI is InChI=1S/C16H24N2O/c1-13-6-5-9-16(11-13,12-17)18-15(19)10-14-7-3-2-4-8-14/h2-4,7-8,13H,5-6,9-12,17H2,1H3,(H,18,19). The van der Waals surface area contributed by atoms with Crippen molar-refractivity contribution in [2.75, 3.05) is 6.54 Å². The molecule has 0 heterocycles. The third-order valence-corrected chi connectivity index (χ3v) is 4.09. The summed E-state index contributed by atoms with van der Waals surface area (Å²) < 4.78 is 0. The third-order valence-electron chi connectivity index (χ3n) is 4.09. The van der Waals surface area contributed by atoms with E-state index < -0.39 is 0 Å². The van der Waals surface area contributed by atoms with Gasteiger partial charge in [0.2, 0.25) is 5.91 Å². The van der Waals surface area contributed by atoms with E-state index in [-0.39, 0.29) is 11.4 Å². The van der Waals surface area contributed by atoms with Gasteiger partial charge >= 0.3 is 0 Å². The molecule has 3 heteroatoms. The van der Waals surface area contributed by atoms with Crippen molar-refractivity contribution in [2.24, 2.45) is 11.7 Å². The minimum Gasteiger partial charge on any atom is -0.349 e. The molecule has 0 bridgehead atoms. The summed E-state index contributed by atoms with van der Waals surface area (Å²) in [6, 6.07) is 9.86. The molecule has 104 valence electrons. The Bertz CT molecular complexity index is 418. The van der Waals surface area contributed by atoms with Gasteiger partial charge in [0.05, 0.1) is 12.0 Å². The Kier molecular flexibility index (Phi) is 4.59. The first-order chi connectivity index (χ1) is 9.13. The molecule has 2 rings (SSSR count). The van der Waals surface area contributed by atoms with Gasteiger partial charge in [0.25, 0.3) is 0 Å². The Morgan fingerprint density at radius 3 is 2.79 bits per heavy atom. The van der Waals surface area contributed by atoms with Crippen LogP contribution in [0, 0.1) is 5.92 Å². The summed E-state index contributed by atoms with van der Waals surface area (Å²) in [4.78, 5) is 12.2. The van der Waals surface area contributed by atoms with Crippen LogP contribution in [0.4, 0.5) is 0 Å². The van der Waals surface area contributed by atoms with Crippen molar-refractivity contribution in [3.8, 4) is 0 Å². The van der Waals surface area contributed by atoms with E-state index in [0.717, 1.165) is 24.8 Å². The highest BCUT2D eigenvalue weighted by atomic mass is 16.1. The lowest BCUT2D eigenvalue weighted by Gasteiger charge is -2.40. The van der Waals surface area contributed by atoms with Crippen LogP contribution in [-0.4, -0.2) is 18.0 Å². The molecule has 1 aliphatic rings. The zero-order chi connectivity index (χ0) is 13.7. The summed E-state index contributed by atoms with van der Waals surface area (Å²) in [6.45, 7) is 2.78. The van der Waals surface area contributed by atoms with Gasteiger partial charge in [0.15, 0.2) is 0 Å². The van der Waals surface area contributed by atoms with Gasteiger partial charge in [-0.05, 0) is 24.3 Å². The van der Waals surface area contributed by atoms with Gasteiger partial charge in [0, 0.05) is 6.54 Å². The van der Waals surface area contributed by atoms with Crippen molar-refractivity contribution in [3.05, 3.63) is 35.9 Å². The van der Waals surface area contributed by atoms with E-state index in [1.807, 2.05) is 30.3 Å². The first-order valence-electron chi connectivity index (χ1n) is 7.18. The highest BCUT2D eigenvalue weighted by Gasteiger charge is 2.34. The fourth-order valence-electron chi connectivity index (χ4n) is 3.13. The van der Waals surface area contributed by atoms with Crippen LogP contribution in [0.3, 0.4) is 0 Å². The molecule has 1 amide bonds. The van der Waals surface area contributed by atoms with Crippen LogP contribution in [0.1, 0.15) is 38.2 Å². The molecule has 3 nitrogen and oxygen atoms in total. The summed E-state index contributed by atoms with van der Waals surface area (Å²) in [5.41, 5.74) is 6.80. The van der Waals surface area contributed by atoms with Crippen molar-refractivity contribution in [1.29, 1.82) is 0 Å². The fourth-order valence-corrected chi connectivity index (χ4v) is 3.13. The molecule has 19 heavy (non-hydrogen) atoms. The largest absolute Gasteiger partial charge is 0.349 e. The molecule has 3 N–H and O–H groups in total. The van der Waals surface area contributed by atoms with Gasteiger partial charge in [-0.25, -0.2) is 0 Å². The van der Waals surface area contributed by atoms with Gasteiger partial charge < -0.3 is 11.1 Å². The van der Waals surface area contributed by atoms with Crippen molar-refractivity contribution in [2.45, 2.75) is 44.6 Å². The Morgan fingerprint density at radius 2 is 2.16 bits per heavy atom. The van der Waals surface area contributed by atoms with Gasteiger partial charge in [-0.15, -0.1) is 0 Å². The highest BCUT2D eigenvalue weighted by molar-refractivity contribution is 5.79. The summed E-state index contributed by atoms with van der Waals surface area (Å²) in [7, 11) is 0. The average molecular weight is 260 g/mol. The lowest BCUT2D eigenvalue weighted by molar-refractivity contribution is -0.122. The molecule has 1 aromatic carbocycles. The highest BCUT2D eigenvalue weighted by Crippen LogP contribution is 2.31. The van der Waals surface area contributed by atoms with Gasteiger partial charge in [-0.1, -0.05) is 50.1 Å². The SMILES string of the molecule is CC1CCCC(CN)(NC(=O)Cc2ccccc2)C1. The van der Waals surface area contributed by atoms with E-state index in [9.17, 15) is 4.79 Å². The number of nitrogens with two attached hydrogens (primary N) is 1. The monoisotopic (exact) mass is 260 g/mol. The molecule has 1 fully saturated rings. The van der Waals surface area contributed by atoms with E-state index in [2.05, 4.69) is 12.2 Å². The fraction of sp³-hybridized carbons (Fsp3) is 0.562. The van der Waals surface area contributed by atoms with E-state index in [1.165, 1.54) is 6.42 Å². The van der Waals surface area contributed by atoms with E-state index in [4.69, 9.17) is 5.73 Å². The quantitative estimate of drug-likeness (QED) is 0.872. The van der Waals surface area contributed by atoms with E-state index in [1.54, 1.807) is 0 Å². The molecule has 0 radical (unpaired) electrons. The summed E-state index contributed by atoms with van der Waals surface area (Å²) in [5.74, 6) is 0.736. The van der Waals surface area contributed by atoms with E-state index in [0.29, 0.717) is 18.9 Å². The first kappa shape index (κ1) is 14.1. The normalized spacial score (nSPS) is 26.9. The van der Waals surface area contributed by atoms with Crippen molar-refractivity contribution >= 4 is 5.91 Å². The van der Waals surface area contributed by atoms with Crippen LogP contribution in [0.25, 0.3) is 0 Å². The molecule has 1 saturated carbocycles. The second kappa shape index (κ2) is 6.20. The van der Waals surface area contributed by atoms with Gasteiger partial charge in [0.1, 0.15) is 0 Å². The van der Waals surface area contributed by atoms with Crippen molar-refractivity contribution in [3.63, 3.8) is 0 Å². The van der Waals surface area contributed by atoms with Crippen LogP contribution in [0.15, 0.2) is 30.3 Å². The smallest absolute Gasteiger partial charge is 0.224 e. The number of carbonyl (C=O) groups is 1. The van der Waals surface area contributed by atoms with Gasteiger partial charge in [-0.3, -0.25) is 4.79 Å². The number of hydrogen-bond acceptors (Lipinski definition) is 2. The minimum atomic E-state index is -0.177. The lowest BCUT2D eigenvalue weighted by atomic mass is 9.76. The second-order valence-corrected chi connectivity index (χ2v) is 5.90. The predicted molar refractivity (Wildman–Crippen MR) is 77.7 cm³/mol. The summed E-state index contributed by atoms with van der Waals surface area (Å²) in [6.07, 6.45) is 4.86. The molecule has 2 atom stereocenters. The van der Waals surface area contributed by atoms with Crippen LogP contribution in [-0.2, 0) is 11.2 Å². The average Bonchev–Trinajstić information content (AvgIpc) is 2.39.